The van der Waals surface area contributed by atoms with Gasteiger partial charge in [-0.1, -0.05) is 48.5 Å². The molecule has 0 aliphatic carbocycles. The van der Waals surface area contributed by atoms with Crippen LogP contribution < -0.4 is 5.32 Å². The van der Waals surface area contributed by atoms with Crippen molar-refractivity contribution in [1.82, 2.24) is 14.9 Å². The Balaban J connectivity index is 1.75. The SMILES string of the molecule is CSCCC(NC(=O)c1ccccc1)c1nc2ccccc2n1Cc1ccccc1F. The van der Waals surface area contributed by atoms with Gasteiger partial charge >= 0.3 is 0 Å². The highest BCUT2D eigenvalue weighted by molar-refractivity contribution is 7.98. The lowest BCUT2D eigenvalue weighted by Crippen LogP contribution is -2.31. The summed E-state index contributed by atoms with van der Waals surface area (Å²) in [6.45, 7) is 0.347. The van der Waals surface area contributed by atoms with E-state index in [1.165, 1.54) is 6.07 Å². The third-order valence-electron chi connectivity index (χ3n) is 5.23. The van der Waals surface area contributed by atoms with Crippen LogP contribution in [0.3, 0.4) is 0 Å². The number of carbonyl (C=O) groups excluding carboxylic acids is 1. The van der Waals surface area contributed by atoms with Crippen LogP contribution in [0.2, 0.25) is 0 Å². The summed E-state index contributed by atoms with van der Waals surface area (Å²) in [6, 6.07) is 23.5. The number of hydrogen-bond acceptors (Lipinski definition) is 3. The van der Waals surface area contributed by atoms with Crippen molar-refractivity contribution in [3.63, 3.8) is 0 Å². The van der Waals surface area contributed by atoms with Gasteiger partial charge in [0.25, 0.3) is 5.91 Å². The Hall–Kier alpha value is -3.12. The Bertz CT molecular complexity index is 1180. The molecule has 0 saturated carbocycles. The van der Waals surface area contributed by atoms with Crippen LogP contribution in [0.4, 0.5) is 4.39 Å². The van der Waals surface area contributed by atoms with Crippen molar-refractivity contribution in [1.29, 1.82) is 0 Å². The summed E-state index contributed by atoms with van der Waals surface area (Å²) >= 11 is 1.72. The monoisotopic (exact) mass is 433 g/mol. The van der Waals surface area contributed by atoms with Gasteiger partial charge in [0, 0.05) is 11.1 Å². The number of imidazole rings is 1. The first-order valence-electron chi connectivity index (χ1n) is 10.2. The van der Waals surface area contributed by atoms with Crippen LogP contribution in [-0.4, -0.2) is 27.5 Å². The summed E-state index contributed by atoms with van der Waals surface area (Å²) in [4.78, 5) is 17.8. The van der Waals surface area contributed by atoms with Crippen LogP contribution in [0.15, 0.2) is 78.9 Å². The van der Waals surface area contributed by atoms with Gasteiger partial charge in [0.15, 0.2) is 0 Å². The summed E-state index contributed by atoms with van der Waals surface area (Å²) in [6.07, 6.45) is 2.76. The minimum absolute atomic E-state index is 0.142. The van der Waals surface area contributed by atoms with E-state index in [0.717, 1.165) is 29.0 Å². The number of carbonyl (C=O) groups is 1. The Kier molecular flexibility index (Phi) is 6.67. The number of aromatic nitrogens is 2. The lowest BCUT2D eigenvalue weighted by atomic mass is 10.1. The predicted octanol–water partition coefficient (Wildman–Crippen LogP) is 5.45. The molecule has 1 atom stereocenters. The summed E-state index contributed by atoms with van der Waals surface area (Å²) in [7, 11) is 0. The number of hydrogen-bond donors (Lipinski definition) is 1. The van der Waals surface area contributed by atoms with E-state index >= 15 is 0 Å². The van der Waals surface area contributed by atoms with Gasteiger partial charge in [-0.2, -0.15) is 11.8 Å². The van der Waals surface area contributed by atoms with E-state index in [1.54, 1.807) is 36.0 Å². The van der Waals surface area contributed by atoms with E-state index in [1.807, 2.05) is 59.4 Å². The molecule has 31 heavy (non-hydrogen) atoms. The zero-order valence-corrected chi connectivity index (χ0v) is 18.1. The van der Waals surface area contributed by atoms with Gasteiger partial charge in [0.1, 0.15) is 11.6 Å². The van der Waals surface area contributed by atoms with E-state index in [0.29, 0.717) is 17.7 Å². The lowest BCUT2D eigenvalue weighted by Gasteiger charge is -2.20. The molecule has 1 amide bonds. The average molecular weight is 434 g/mol. The van der Waals surface area contributed by atoms with Crippen molar-refractivity contribution in [3.8, 4) is 0 Å². The smallest absolute Gasteiger partial charge is 0.251 e. The van der Waals surface area contributed by atoms with Crippen molar-refractivity contribution in [2.75, 3.05) is 12.0 Å². The Labute approximate surface area is 185 Å². The maximum atomic E-state index is 14.4. The summed E-state index contributed by atoms with van der Waals surface area (Å²) in [5.41, 5.74) is 2.94. The molecule has 0 spiro atoms. The van der Waals surface area contributed by atoms with Gasteiger partial charge in [-0.05, 0) is 48.8 Å². The third kappa shape index (κ3) is 4.80. The van der Waals surface area contributed by atoms with Crippen LogP contribution >= 0.6 is 11.8 Å². The maximum absolute atomic E-state index is 14.4. The molecule has 1 unspecified atom stereocenters. The Morgan fingerprint density at radius 3 is 2.52 bits per heavy atom. The number of para-hydroxylation sites is 2. The van der Waals surface area contributed by atoms with E-state index < -0.39 is 0 Å². The Morgan fingerprint density at radius 2 is 1.74 bits per heavy atom. The highest BCUT2D eigenvalue weighted by atomic mass is 32.2. The fourth-order valence-corrected chi connectivity index (χ4v) is 4.13. The van der Waals surface area contributed by atoms with Crippen LogP contribution in [0.5, 0.6) is 0 Å². The topological polar surface area (TPSA) is 46.9 Å². The van der Waals surface area contributed by atoms with Gasteiger partial charge in [-0.25, -0.2) is 9.37 Å². The minimum atomic E-state index is -0.292. The fourth-order valence-electron chi connectivity index (χ4n) is 3.66. The molecule has 158 valence electrons. The standard InChI is InChI=1S/C25H24FN3OS/c1-31-16-15-22(28-25(30)18-9-3-2-4-10-18)24-27-21-13-7-8-14-23(21)29(24)17-19-11-5-6-12-20(19)26/h2-14,22H,15-17H2,1H3,(H,28,30). The largest absolute Gasteiger partial charge is 0.342 e. The van der Waals surface area contributed by atoms with Gasteiger partial charge in [0.05, 0.1) is 23.6 Å². The number of benzene rings is 3. The molecule has 4 aromatic rings. The molecule has 0 aliphatic rings. The third-order valence-corrected chi connectivity index (χ3v) is 5.88. The number of nitrogens with zero attached hydrogens (tertiary/aromatic N) is 2. The molecule has 6 heteroatoms. The van der Waals surface area contributed by atoms with Gasteiger partial charge in [-0.15, -0.1) is 0 Å². The molecule has 0 radical (unpaired) electrons. The summed E-state index contributed by atoms with van der Waals surface area (Å²) in [5, 5.41) is 3.16. The van der Waals surface area contributed by atoms with Crippen molar-refractivity contribution in [2.45, 2.75) is 19.0 Å². The fraction of sp³-hybridized carbons (Fsp3) is 0.200. The number of amides is 1. The first kappa shape index (κ1) is 21.1. The van der Waals surface area contributed by atoms with E-state index in [9.17, 15) is 9.18 Å². The number of halogens is 1. The molecule has 3 aromatic carbocycles. The molecular formula is C25H24FN3OS. The number of thioether (sulfide) groups is 1. The first-order valence-corrected chi connectivity index (χ1v) is 11.6. The summed E-state index contributed by atoms with van der Waals surface area (Å²) in [5.74, 6) is 1.21. The van der Waals surface area contributed by atoms with Gasteiger partial charge < -0.3 is 9.88 Å². The molecule has 1 aromatic heterocycles. The maximum Gasteiger partial charge on any atom is 0.251 e. The molecule has 0 fully saturated rings. The second-order valence-electron chi connectivity index (χ2n) is 7.31. The second kappa shape index (κ2) is 9.79. The van der Waals surface area contributed by atoms with Gasteiger partial charge in [-0.3, -0.25) is 4.79 Å². The zero-order chi connectivity index (χ0) is 21.6. The number of nitrogens with one attached hydrogen (secondary N) is 1. The van der Waals surface area contributed by atoms with Crippen molar-refractivity contribution in [2.24, 2.45) is 0 Å². The molecule has 4 nitrogen and oxygen atoms in total. The average Bonchev–Trinajstić information content (AvgIpc) is 3.17. The highest BCUT2D eigenvalue weighted by Crippen LogP contribution is 2.26. The normalized spacial score (nSPS) is 12.1. The lowest BCUT2D eigenvalue weighted by molar-refractivity contribution is 0.0933. The van der Waals surface area contributed by atoms with Gasteiger partial charge in [0.2, 0.25) is 0 Å². The molecule has 1 heterocycles. The number of fused-ring (bicyclic) bond motifs is 1. The highest BCUT2D eigenvalue weighted by Gasteiger charge is 2.23. The quantitative estimate of drug-likeness (QED) is 0.402. The Morgan fingerprint density at radius 1 is 1.03 bits per heavy atom. The van der Waals surface area contributed by atoms with E-state index in [2.05, 4.69) is 5.32 Å². The van der Waals surface area contributed by atoms with Crippen molar-refractivity contribution >= 4 is 28.7 Å². The molecule has 0 bridgehead atoms. The number of rotatable bonds is 8. The van der Waals surface area contributed by atoms with Crippen LogP contribution in [0, 0.1) is 5.82 Å². The zero-order valence-electron chi connectivity index (χ0n) is 17.3. The molecule has 4 rings (SSSR count). The van der Waals surface area contributed by atoms with E-state index in [4.69, 9.17) is 4.98 Å². The predicted molar refractivity (Wildman–Crippen MR) is 125 cm³/mol. The molecular weight excluding hydrogens is 409 g/mol. The minimum Gasteiger partial charge on any atom is -0.342 e. The molecule has 1 N–H and O–H groups in total. The second-order valence-corrected chi connectivity index (χ2v) is 8.30. The van der Waals surface area contributed by atoms with Crippen molar-refractivity contribution in [3.05, 3.63) is 102 Å². The van der Waals surface area contributed by atoms with E-state index in [-0.39, 0.29) is 17.8 Å². The van der Waals surface area contributed by atoms with Crippen LogP contribution in [0.1, 0.15) is 34.2 Å². The van der Waals surface area contributed by atoms with Crippen molar-refractivity contribution < 1.29 is 9.18 Å². The molecule has 0 aliphatic heterocycles. The molecule has 0 saturated heterocycles. The first-order chi connectivity index (χ1) is 15.2. The van der Waals surface area contributed by atoms with Crippen LogP contribution in [0.25, 0.3) is 11.0 Å². The summed E-state index contributed by atoms with van der Waals surface area (Å²) < 4.78 is 16.5. The van der Waals surface area contributed by atoms with Crippen LogP contribution in [-0.2, 0) is 6.54 Å².